The van der Waals surface area contributed by atoms with Crippen molar-refractivity contribution in [3.05, 3.63) is 35.9 Å². The standard InChI is InChI=1S/C15H22N2O/c1-2-15(18)16-14(17-10-6-7-11-17)12-13-8-4-3-5-9-13/h3-5,8-9,14H,2,6-7,10-12H2,1H3,(H,16,18). The number of rotatable bonds is 5. The summed E-state index contributed by atoms with van der Waals surface area (Å²) in [5.74, 6) is 0.142. The topological polar surface area (TPSA) is 32.3 Å². The lowest BCUT2D eigenvalue weighted by Crippen LogP contribution is -2.48. The predicted octanol–water partition coefficient (Wildman–Crippen LogP) is 2.18. The quantitative estimate of drug-likeness (QED) is 0.863. The molecule has 0 aliphatic carbocycles. The molecule has 0 radical (unpaired) electrons. The molecule has 1 fully saturated rings. The van der Waals surface area contributed by atoms with Gasteiger partial charge in [-0.15, -0.1) is 0 Å². The van der Waals surface area contributed by atoms with E-state index in [4.69, 9.17) is 0 Å². The van der Waals surface area contributed by atoms with E-state index >= 15 is 0 Å². The van der Waals surface area contributed by atoms with Gasteiger partial charge < -0.3 is 5.32 Å². The fourth-order valence-corrected chi connectivity index (χ4v) is 2.45. The molecule has 1 unspecified atom stereocenters. The normalized spacial score (nSPS) is 17.6. The van der Waals surface area contributed by atoms with Crippen LogP contribution in [0.1, 0.15) is 31.7 Å². The van der Waals surface area contributed by atoms with Crippen LogP contribution >= 0.6 is 0 Å². The maximum atomic E-state index is 11.6. The van der Waals surface area contributed by atoms with Crippen LogP contribution in [0.3, 0.4) is 0 Å². The van der Waals surface area contributed by atoms with E-state index in [1.54, 1.807) is 0 Å². The lowest BCUT2D eigenvalue weighted by Gasteiger charge is -2.28. The Bertz CT molecular complexity index is 371. The molecule has 98 valence electrons. The van der Waals surface area contributed by atoms with E-state index in [1.165, 1.54) is 18.4 Å². The predicted molar refractivity (Wildman–Crippen MR) is 73.2 cm³/mol. The summed E-state index contributed by atoms with van der Waals surface area (Å²) in [6, 6.07) is 10.4. The highest BCUT2D eigenvalue weighted by Crippen LogP contribution is 2.14. The molecule has 0 saturated carbocycles. The number of carbonyl (C=O) groups is 1. The number of amides is 1. The second-order valence-electron chi connectivity index (χ2n) is 4.87. The third-order valence-electron chi connectivity index (χ3n) is 3.50. The van der Waals surface area contributed by atoms with Crippen LogP contribution in [0.5, 0.6) is 0 Å². The second-order valence-corrected chi connectivity index (χ2v) is 4.87. The molecule has 0 aromatic heterocycles. The van der Waals surface area contributed by atoms with Gasteiger partial charge in [0.1, 0.15) is 0 Å². The van der Waals surface area contributed by atoms with Gasteiger partial charge in [0.25, 0.3) is 0 Å². The molecular weight excluding hydrogens is 224 g/mol. The second kappa shape index (κ2) is 6.55. The van der Waals surface area contributed by atoms with E-state index in [2.05, 4.69) is 34.5 Å². The van der Waals surface area contributed by atoms with Gasteiger partial charge >= 0.3 is 0 Å². The zero-order valence-electron chi connectivity index (χ0n) is 11.1. The molecule has 1 heterocycles. The molecule has 0 spiro atoms. The molecule has 2 rings (SSSR count). The Morgan fingerprint density at radius 3 is 2.56 bits per heavy atom. The Balaban J connectivity index is 2.01. The van der Waals surface area contributed by atoms with Crippen LogP contribution in [0.2, 0.25) is 0 Å². The number of nitrogens with one attached hydrogen (secondary N) is 1. The van der Waals surface area contributed by atoms with E-state index < -0.39 is 0 Å². The van der Waals surface area contributed by atoms with Gasteiger partial charge in [0.05, 0.1) is 6.17 Å². The number of hydrogen-bond donors (Lipinski definition) is 1. The molecule has 1 aliphatic rings. The van der Waals surface area contributed by atoms with Gasteiger partial charge in [-0.25, -0.2) is 0 Å². The number of carbonyl (C=O) groups excluding carboxylic acids is 1. The molecule has 1 aromatic carbocycles. The van der Waals surface area contributed by atoms with E-state index in [-0.39, 0.29) is 12.1 Å². The minimum atomic E-state index is 0.142. The van der Waals surface area contributed by atoms with Gasteiger partial charge in [0.15, 0.2) is 0 Å². The molecule has 1 aromatic rings. The van der Waals surface area contributed by atoms with Crippen molar-refractivity contribution in [3.8, 4) is 0 Å². The Morgan fingerprint density at radius 2 is 1.94 bits per heavy atom. The number of nitrogens with zero attached hydrogens (tertiary/aromatic N) is 1. The lowest BCUT2D eigenvalue weighted by atomic mass is 10.1. The fourth-order valence-electron chi connectivity index (χ4n) is 2.45. The lowest BCUT2D eigenvalue weighted by molar-refractivity contribution is -0.122. The molecule has 0 bridgehead atoms. The third kappa shape index (κ3) is 3.57. The maximum Gasteiger partial charge on any atom is 0.220 e. The van der Waals surface area contributed by atoms with Gasteiger partial charge in [-0.3, -0.25) is 9.69 Å². The number of hydrogen-bond acceptors (Lipinski definition) is 2. The first kappa shape index (κ1) is 13.1. The fraction of sp³-hybridized carbons (Fsp3) is 0.533. The van der Waals surface area contributed by atoms with Crippen LogP contribution in [-0.4, -0.2) is 30.1 Å². The number of likely N-dealkylation sites (tertiary alicyclic amines) is 1. The molecule has 1 aliphatic heterocycles. The van der Waals surface area contributed by atoms with Crippen molar-refractivity contribution in [3.63, 3.8) is 0 Å². The summed E-state index contributed by atoms with van der Waals surface area (Å²) in [5.41, 5.74) is 1.28. The molecule has 1 atom stereocenters. The molecule has 18 heavy (non-hydrogen) atoms. The largest absolute Gasteiger partial charge is 0.340 e. The van der Waals surface area contributed by atoms with Crippen molar-refractivity contribution < 1.29 is 4.79 Å². The van der Waals surface area contributed by atoms with Crippen LogP contribution in [-0.2, 0) is 11.2 Å². The number of benzene rings is 1. The average Bonchev–Trinajstić information content (AvgIpc) is 2.93. The Labute approximate surface area is 109 Å². The first-order chi connectivity index (χ1) is 8.79. The van der Waals surface area contributed by atoms with Crippen molar-refractivity contribution in [2.45, 2.75) is 38.8 Å². The Morgan fingerprint density at radius 1 is 1.28 bits per heavy atom. The van der Waals surface area contributed by atoms with Crippen molar-refractivity contribution in [2.24, 2.45) is 0 Å². The summed E-state index contributed by atoms with van der Waals surface area (Å²) >= 11 is 0. The summed E-state index contributed by atoms with van der Waals surface area (Å²) in [5, 5.41) is 3.14. The first-order valence-corrected chi connectivity index (χ1v) is 6.87. The van der Waals surface area contributed by atoms with Crippen LogP contribution in [0.4, 0.5) is 0 Å². The van der Waals surface area contributed by atoms with E-state index in [1.807, 2.05) is 13.0 Å². The Kier molecular flexibility index (Phi) is 4.76. The van der Waals surface area contributed by atoms with Gasteiger partial charge in [0.2, 0.25) is 5.91 Å². The summed E-state index contributed by atoms with van der Waals surface area (Å²) in [6.07, 6.45) is 4.09. The van der Waals surface area contributed by atoms with Gasteiger partial charge in [-0.05, 0) is 18.4 Å². The molecular formula is C15H22N2O. The van der Waals surface area contributed by atoms with E-state index in [0.717, 1.165) is 19.5 Å². The highest BCUT2D eigenvalue weighted by atomic mass is 16.1. The molecule has 1 saturated heterocycles. The van der Waals surface area contributed by atoms with Crippen molar-refractivity contribution in [1.82, 2.24) is 10.2 Å². The minimum Gasteiger partial charge on any atom is -0.340 e. The molecule has 3 heteroatoms. The molecule has 1 amide bonds. The molecule has 1 N–H and O–H groups in total. The third-order valence-corrected chi connectivity index (χ3v) is 3.50. The zero-order valence-corrected chi connectivity index (χ0v) is 11.1. The smallest absolute Gasteiger partial charge is 0.220 e. The summed E-state index contributed by atoms with van der Waals surface area (Å²) in [6.45, 7) is 4.10. The van der Waals surface area contributed by atoms with Crippen LogP contribution in [0.25, 0.3) is 0 Å². The zero-order chi connectivity index (χ0) is 12.8. The van der Waals surface area contributed by atoms with Gasteiger partial charge in [-0.1, -0.05) is 37.3 Å². The Hall–Kier alpha value is -1.35. The highest BCUT2D eigenvalue weighted by molar-refractivity contribution is 5.75. The average molecular weight is 246 g/mol. The van der Waals surface area contributed by atoms with Crippen LogP contribution in [0.15, 0.2) is 30.3 Å². The van der Waals surface area contributed by atoms with Gasteiger partial charge in [0, 0.05) is 25.9 Å². The van der Waals surface area contributed by atoms with Crippen molar-refractivity contribution in [1.29, 1.82) is 0 Å². The monoisotopic (exact) mass is 246 g/mol. The van der Waals surface area contributed by atoms with E-state index in [9.17, 15) is 4.79 Å². The summed E-state index contributed by atoms with van der Waals surface area (Å²) in [4.78, 5) is 14.0. The van der Waals surface area contributed by atoms with Gasteiger partial charge in [-0.2, -0.15) is 0 Å². The maximum absolute atomic E-state index is 11.6. The van der Waals surface area contributed by atoms with Crippen molar-refractivity contribution in [2.75, 3.05) is 13.1 Å². The summed E-state index contributed by atoms with van der Waals surface area (Å²) in [7, 11) is 0. The first-order valence-electron chi connectivity index (χ1n) is 6.87. The van der Waals surface area contributed by atoms with Crippen LogP contribution in [0, 0.1) is 0 Å². The SMILES string of the molecule is CCC(=O)NC(Cc1ccccc1)N1CCCC1. The summed E-state index contributed by atoms with van der Waals surface area (Å²) < 4.78 is 0. The van der Waals surface area contributed by atoms with E-state index in [0.29, 0.717) is 6.42 Å². The molecule has 3 nitrogen and oxygen atoms in total. The van der Waals surface area contributed by atoms with Crippen LogP contribution < -0.4 is 5.32 Å². The van der Waals surface area contributed by atoms with Crippen molar-refractivity contribution >= 4 is 5.91 Å². The minimum absolute atomic E-state index is 0.142. The highest BCUT2D eigenvalue weighted by Gasteiger charge is 2.23.